The van der Waals surface area contributed by atoms with E-state index in [-0.39, 0.29) is 5.91 Å². The first-order valence-corrected chi connectivity index (χ1v) is 4.68. The molecule has 1 aliphatic heterocycles. The summed E-state index contributed by atoms with van der Waals surface area (Å²) in [5.41, 5.74) is 0. The average Bonchev–Trinajstić information content (AvgIpc) is 2.19. The molecule has 0 aromatic rings. The second-order valence-corrected chi connectivity index (χ2v) is 3.64. The highest BCUT2D eigenvalue weighted by molar-refractivity contribution is 5.77. The van der Waals surface area contributed by atoms with Crippen molar-refractivity contribution in [1.29, 1.82) is 0 Å². The Morgan fingerprint density at radius 1 is 1.29 bits per heavy atom. The molecule has 0 atom stereocenters. The largest absolute Gasteiger partial charge is 0.348 e. The Kier molecular flexibility index (Phi) is 3.88. The summed E-state index contributed by atoms with van der Waals surface area (Å²) in [5.74, 6) is 0.105. The van der Waals surface area contributed by atoms with Crippen molar-refractivity contribution < 1.29 is 9.59 Å². The number of hydrogen-bond donors (Lipinski definition) is 0. The Morgan fingerprint density at radius 2 is 1.86 bits per heavy atom. The van der Waals surface area contributed by atoms with E-state index in [4.69, 9.17) is 0 Å². The number of carbonyl (C=O) groups excluding carboxylic acids is 2. The van der Waals surface area contributed by atoms with Gasteiger partial charge in [0.1, 0.15) is 0 Å². The average molecular weight is 198 g/mol. The summed E-state index contributed by atoms with van der Waals surface area (Å²) in [6.07, 6.45) is 1.86. The number of likely N-dealkylation sites (N-methyl/N-ethyl adjacent to an activating group) is 1. The van der Waals surface area contributed by atoms with Gasteiger partial charge in [-0.3, -0.25) is 14.5 Å². The van der Waals surface area contributed by atoms with Crippen molar-refractivity contribution in [2.75, 3.05) is 46.8 Å². The van der Waals surface area contributed by atoms with Crippen LogP contribution in [0.3, 0.4) is 0 Å². The van der Waals surface area contributed by atoms with Gasteiger partial charge in [0.15, 0.2) is 0 Å². The van der Waals surface area contributed by atoms with E-state index in [1.165, 1.54) is 0 Å². The molecule has 5 heteroatoms. The molecule has 0 saturated carbocycles. The van der Waals surface area contributed by atoms with Gasteiger partial charge in [-0.05, 0) is 0 Å². The fourth-order valence-corrected chi connectivity index (χ4v) is 1.33. The van der Waals surface area contributed by atoms with Crippen LogP contribution in [0.5, 0.6) is 0 Å². The molecule has 1 saturated heterocycles. The van der Waals surface area contributed by atoms with Crippen LogP contribution < -0.4 is 0 Å². The summed E-state index contributed by atoms with van der Waals surface area (Å²) < 4.78 is 0. The number of piperazine rings is 1. The minimum absolute atomic E-state index is 0.105. The van der Waals surface area contributed by atoms with Crippen molar-refractivity contribution in [3.63, 3.8) is 0 Å². The molecular formula is C9H16N3O2. The van der Waals surface area contributed by atoms with E-state index in [0.717, 1.165) is 13.1 Å². The number of rotatable bonds is 3. The SMILES string of the molecule is CN(C)C(=O)CN1CCN([C]=O)CC1. The Hall–Kier alpha value is -1.10. The zero-order valence-electron chi connectivity index (χ0n) is 8.69. The van der Waals surface area contributed by atoms with Gasteiger partial charge >= 0.3 is 6.41 Å². The maximum Gasteiger partial charge on any atom is 0.312 e. The van der Waals surface area contributed by atoms with Gasteiger partial charge in [0.2, 0.25) is 5.91 Å². The van der Waals surface area contributed by atoms with Crippen molar-refractivity contribution in [3.8, 4) is 0 Å². The molecule has 1 rings (SSSR count). The first-order chi connectivity index (χ1) is 6.63. The van der Waals surface area contributed by atoms with Gasteiger partial charge in [-0.2, -0.15) is 0 Å². The Labute approximate surface area is 84.3 Å². The third kappa shape index (κ3) is 2.99. The van der Waals surface area contributed by atoms with E-state index in [2.05, 4.69) is 4.90 Å². The quantitative estimate of drug-likeness (QED) is 0.570. The van der Waals surface area contributed by atoms with E-state index >= 15 is 0 Å². The van der Waals surface area contributed by atoms with Gasteiger partial charge in [0, 0.05) is 40.3 Å². The topological polar surface area (TPSA) is 43.9 Å². The third-order valence-corrected chi connectivity index (χ3v) is 2.36. The van der Waals surface area contributed by atoms with Crippen molar-refractivity contribution >= 4 is 12.3 Å². The van der Waals surface area contributed by atoms with Crippen LogP contribution in [0, 0.1) is 0 Å². The van der Waals surface area contributed by atoms with Crippen LogP contribution in [0.25, 0.3) is 0 Å². The Bertz CT molecular complexity index is 210. The van der Waals surface area contributed by atoms with Crippen LogP contribution in [0.2, 0.25) is 0 Å². The summed E-state index contributed by atoms with van der Waals surface area (Å²) in [6.45, 7) is 3.30. The maximum atomic E-state index is 11.4. The van der Waals surface area contributed by atoms with Crippen molar-refractivity contribution in [2.45, 2.75) is 0 Å². The molecule has 0 N–H and O–H groups in total. The molecule has 0 spiro atoms. The number of nitrogens with zero attached hydrogens (tertiary/aromatic N) is 3. The molecule has 0 bridgehead atoms. The molecule has 1 aliphatic rings. The number of amides is 2. The van der Waals surface area contributed by atoms with Gasteiger partial charge in [-0.15, -0.1) is 0 Å². The standard InChI is InChI=1S/C9H16N3O2/c1-10(2)9(14)7-11-3-5-12(8-13)6-4-11/h3-7H2,1-2H3. The van der Waals surface area contributed by atoms with E-state index in [1.54, 1.807) is 23.9 Å². The predicted octanol–water partition coefficient (Wildman–Crippen LogP) is -1.24. The van der Waals surface area contributed by atoms with Gasteiger partial charge in [-0.25, -0.2) is 0 Å². The van der Waals surface area contributed by atoms with E-state index in [9.17, 15) is 9.59 Å². The van der Waals surface area contributed by atoms with Crippen molar-refractivity contribution in [1.82, 2.24) is 14.7 Å². The number of carbonyl (C=O) groups is 1. The van der Waals surface area contributed by atoms with Crippen molar-refractivity contribution in [3.05, 3.63) is 0 Å². The lowest BCUT2D eigenvalue weighted by Crippen LogP contribution is -2.48. The van der Waals surface area contributed by atoms with Gasteiger partial charge in [-0.1, -0.05) is 0 Å². The molecule has 1 fully saturated rings. The number of hydrogen-bond acceptors (Lipinski definition) is 3. The van der Waals surface area contributed by atoms with Gasteiger partial charge in [0.25, 0.3) is 0 Å². The fraction of sp³-hybridized carbons (Fsp3) is 0.778. The highest BCUT2D eigenvalue weighted by Crippen LogP contribution is 1.99. The molecule has 0 aromatic heterocycles. The molecule has 14 heavy (non-hydrogen) atoms. The predicted molar refractivity (Wildman–Crippen MR) is 52.4 cm³/mol. The molecule has 1 radical (unpaired) electrons. The normalized spacial score (nSPS) is 18.0. The Morgan fingerprint density at radius 3 is 2.29 bits per heavy atom. The maximum absolute atomic E-state index is 11.4. The first kappa shape index (κ1) is 11.0. The third-order valence-electron chi connectivity index (χ3n) is 2.36. The van der Waals surface area contributed by atoms with E-state index < -0.39 is 0 Å². The van der Waals surface area contributed by atoms with Gasteiger partial charge < -0.3 is 9.80 Å². The molecule has 79 valence electrons. The molecule has 0 unspecified atom stereocenters. The minimum atomic E-state index is 0.105. The summed E-state index contributed by atoms with van der Waals surface area (Å²) in [7, 11) is 3.50. The van der Waals surface area contributed by atoms with Crippen LogP contribution in [-0.4, -0.2) is 73.8 Å². The highest BCUT2D eigenvalue weighted by atomic mass is 16.2. The summed E-state index contributed by atoms with van der Waals surface area (Å²) in [5, 5.41) is 0. The van der Waals surface area contributed by atoms with Crippen LogP contribution in [0.1, 0.15) is 0 Å². The smallest absolute Gasteiger partial charge is 0.312 e. The highest BCUT2D eigenvalue weighted by Gasteiger charge is 2.18. The molecule has 1 heterocycles. The first-order valence-electron chi connectivity index (χ1n) is 4.68. The van der Waals surface area contributed by atoms with Crippen molar-refractivity contribution in [2.24, 2.45) is 0 Å². The second kappa shape index (κ2) is 4.95. The van der Waals surface area contributed by atoms with Gasteiger partial charge in [0.05, 0.1) is 6.54 Å². The molecule has 0 aliphatic carbocycles. The monoisotopic (exact) mass is 198 g/mol. The minimum Gasteiger partial charge on any atom is -0.348 e. The summed E-state index contributed by atoms with van der Waals surface area (Å²) in [4.78, 5) is 26.9. The summed E-state index contributed by atoms with van der Waals surface area (Å²) in [6, 6.07) is 0. The second-order valence-electron chi connectivity index (χ2n) is 3.64. The Balaban J connectivity index is 2.28. The molecule has 5 nitrogen and oxygen atoms in total. The lowest BCUT2D eigenvalue weighted by Gasteiger charge is -2.31. The zero-order chi connectivity index (χ0) is 10.6. The fourth-order valence-electron chi connectivity index (χ4n) is 1.33. The summed E-state index contributed by atoms with van der Waals surface area (Å²) >= 11 is 0. The molecule has 0 aromatic carbocycles. The lowest BCUT2D eigenvalue weighted by atomic mass is 10.3. The van der Waals surface area contributed by atoms with Crippen LogP contribution >= 0.6 is 0 Å². The lowest BCUT2D eigenvalue weighted by molar-refractivity contribution is -0.130. The van der Waals surface area contributed by atoms with E-state index in [1.807, 2.05) is 6.41 Å². The zero-order valence-corrected chi connectivity index (χ0v) is 8.69. The van der Waals surface area contributed by atoms with Crippen LogP contribution in [0.4, 0.5) is 0 Å². The van der Waals surface area contributed by atoms with Crippen LogP contribution in [0.15, 0.2) is 0 Å². The van der Waals surface area contributed by atoms with E-state index in [0.29, 0.717) is 19.6 Å². The van der Waals surface area contributed by atoms with Crippen LogP contribution in [-0.2, 0) is 9.59 Å². The molecular weight excluding hydrogens is 182 g/mol. The molecule has 2 amide bonds.